The molecule has 4 aromatic rings. The van der Waals surface area contributed by atoms with E-state index in [2.05, 4.69) is 4.98 Å². The third-order valence-corrected chi connectivity index (χ3v) is 5.20. The normalized spacial score (nSPS) is 10.9. The van der Waals surface area contributed by atoms with Gasteiger partial charge in [-0.1, -0.05) is 42.5 Å². The van der Waals surface area contributed by atoms with Crippen LogP contribution in [0.1, 0.15) is 15.9 Å². The molecular weight excluding hydrogens is 348 g/mol. The molecule has 0 radical (unpaired) electrons. The number of hydrogen-bond acceptors (Lipinski definition) is 4. The summed E-state index contributed by atoms with van der Waals surface area (Å²) >= 11 is 1.48. The Balaban J connectivity index is 1.73. The smallest absolute Gasteiger partial charge is 0.335 e. The Morgan fingerprint density at radius 2 is 1.88 bits per heavy atom. The Morgan fingerprint density at radius 1 is 1.08 bits per heavy atom. The van der Waals surface area contributed by atoms with Gasteiger partial charge < -0.3 is 5.11 Å². The maximum Gasteiger partial charge on any atom is 0.335 e. The van der Waals surface area contributed by atoms with Crippen molar-refractivity contribution >= 4 is 27.5 Å². The Morgan fingerprint density at radius 3 is 2.65 bits per heavy atom. The van der Waals surface area contributed by atoms with Gasteiger partial charge in [0.2, 0.25) is 0 Å². The third-order valence-electron chi connectivity index (χ3n) is 4.10. The van der Waals surface area contributed by atoms with E-state index >= 15 is 0 Å². The summed E-state index contributed by atoms with van der Waals surface area (Å²) in [5.41, 5.74) is 1.86. The van der Waals surface area contributed by atoms with Gasteiger partial charge in [0.15, 0.2) is 0 Å². The molecule has 6 heteroatoms. The van der Waals surface area contributed by atoms with Crippen molar-refractivity contribution in [3.8, 4) is 10.4 Å². The molecule has 2 aromatic heterocycles. The minimum absolute atomic E-state index is 0.130. The highest BCUT2D eigenvalue weighted by Gasteiger charge is 2.11. The van der Waals surface area contributed by atoms with Gasteiger partial charge in [0.05, 0.1) is 23.8 Å². The van der Waals surface area contributed by atoms with Crippen molar-refractivity contribution in [2.24, 2.45) is 0 Å². The molecule has 5 nitrogen and oxygen atoms in total. The van der Waals surface area contributed by atoms with Crippen LogP contribution in [-0.2, 0) is 6.54 Å². The van der Waals surface area contributed by atoms with E-state index in [1.165, 1.54) is 28.3 Å². The first-order chi connectivity index (χ1) is 12.6. The van der Waals surface area contributed by atoms with Crippen LogP contribution in [-0.4, -0.2) is 20.6 Å². The zero-order chi connectivity index (χ0) is 18.1. The van der Waals surface area contributed by atoms with Crippen molar-refractivity contribution < 1.29 is 9.90 Å². The Labute approximate surface area is 152 Å². The quantitative estimate of drug-likeness (QED) is 0.598. The van der Waals surface area contributed by atoms with E-state index in [0.717, 1.165) is 16.0 Å². The van der Waals surface area contributed by atoms with Crippen LogP contribution in [0.4, 0.5) is 0 Å². The molecule has 0 spiro atoms. The molecule has 26 heavy (non-hydrogen) atoms. The number of aromatic nitrogens is 2. The summed E-state index contributed by atoms with van der Waals surface area (Å²) in [6.07, 6.45) is 1.52. The van der Waals surface area contributed by atoms with Crippen LogP contribution in [0.3, 0.4) is 0 Å². The number of fused-ring (bicyclic) bond motifs is 1. The van der Waals surface area contributed by atoms with Crippen molar-refractivity contribution in [3.63, 3.8) is 0 Å². The number of benzene rings is 2. The highest BCUT2D eigenvalue weighted by molar-refractivity contribution is 7.21. The van der Waals surface area contributed by atoms with Crippen molar-refractivity contribution in [1.29, 1.82) is 0 Å². The number of nitrogens with zero attached hydrogens (tertiary/aromatic N) is 2. The van der Waals surface area contributed by atoms with Crippen LogP contribution in [0.5, 0.6) is 0 Å². The fourth-order valence-electron chi connectivity index (χ4n) is 2.82. The van der Waals surface area contributed by atoms with Gasteiger partial charge in [-0.25, -0.2) is 9.78 Å². The number of carbonyl (C=O) groups is 1. The molecule has 0 unspecified atom stereocenters. The van der Waals surface area contributed by atoms with Gasteiger partial charge in [0, 0.05) is 4.88 Å². The zero-order valence-corrected chi connectivity index (χ0v) is 14.4. The van der Waals surface area contributed by atoms with Crippen LogP contribution in [0, 0.1) is 0 Å². The molecule has 0 aliphatic rings. The average Bonchev–Trinajstić information content (AvgIpc) is 3.10. The van der Waals surface area contributed by atoms with Crippen LogP contribution in [0.15, 0.2) is 71.8 Å². The molecule has 0 bridgehead atoms. The fraction of sp³-hybridized carbons (Fsp3) is 0.0500. The van der Waals surface area contributed by atoms with Gasteiger partial charge in [-0.3, -0.25) is 9.36 Å². The second kappa shape index (κ2) is 6.57. The number of aromatic carboxylic acids is 1. The van der Waals surface area contributed by atoms with E-state index in [0.29, 0.717) is 10.2 Å². The second-order valence-electron chi connectivity index (χ2n) is 5.88. The minimum atomic E-state index is -0.988. The summed E-state index contributed by atoms with van der Waals surface area (Å²) in [6.45, 7) is 0.277. The number of hydrogen-bond donors (Lipinski definition) is 1. The first-order valence-corrected chi connectivity index (χ1v) is 8.80. The van der Waals surface area contributed by atoms with Gasteiger partial charge >= 0.3 is 5.97 Å². The number of thiophene rings is 1. The lowest BCUT2D eigenvalue weighted by atomic mass is 10.1. The molecule has 1 N–H and O–H groups in total. The Bertz CT molecular complexity index is 1160. The van der Waals surface area contributed by atoms with E-state index in [1.54, 1.807) is 18.2 Å². The summed E-state index contributed by atoms with van der Waals surface area (Å²) < 4.78 is 1.50. The molecule has 0 saturated carbocycles. The van der Waals surface area contributed by atoms with E-state index in [9.17, 15) is 9.59 Å². The van der Waals surface area contributed by atoms with E-state index in [4.69, 9.17) is 5.11 Å². The SMILES string of the molecule is O=C(O)c1cccc(Cn2cnc3sc(-c4ccccc4)cc3c2=O)c1. The molecule has 0 atom stereocenters. The molecular formula is C20H14N2O3S. The van der Waals surface area contributed by atoms with Gasteiger partial charge in [0.1, 0.15) is 4.83 Å². The van der Waals surface area contributed by atoms with Crippen molar-refractivity contribution in [2.45, 2.75) is 6.54 Å². The lowest BCUT2D eigenvalue weighted by Crippen LogP contribution is -2.20. The van der Waals surface area contributed by atoms with E-state index in [1.807, 2.05) is 36.4 Å². The first-order valence-electron chi connectivity index (χ1n) is 7.98. The highest BCUT2D eigenvalue weighted by Crippen LogP contribution is 2.30. The van der Waals surface area contributed by atoms with E-state index in [-0.39, 0.29) is 17.7 Å². The summed E-state index contributed by atoms with van der Waals surface area (Å²) in [5, 5.41) is 9.68. The van der Waals surface area contributed by atoms with Gasteiger partial charge in [-0.05, 0) is 29.3 Å². The lowest BCUT2D eigenvalue weighted by molar-refractivity contribution is 0.0696. The third kappa shape index (κ3) is 3.02. The Kier molecular flexibility index (Phi) is 4.10. The van der Waals surface area contributed by atoms with Gasteiger partial charge in [-0.15, -0.1) is 11.3 Å². The fourth-order valence-corrected chi connectivity index (χ4v) is 3.81. The number of rotatable bonds is 4. The Hall–Kier alpha value is -3.25. The van der Waals surface area contributed by atoms with Crippen molar-refractivity contribution in [2.75, 3.05) is 0 Å². The summed E-state index contributed by atoms with van der Waals surface area (Å²) in [5.74, 6) is -0.988. The highest BCUT2D eigenvalue weighted by atomic mass is 32.1. The predicted molar refractivity (Wildman–Crippen MR) is 102 cm³/mol. The summed E-state index contributed by atoms with van der Waals surface area (Å²) in [7, 11) is 0. The van der Waals surface area contributed by atoms with Crippen LogP contribution in [0.25, 0.3) is 20.7 Å². The summed E-state index contributed by atoms with van der Waals surface area (Å²) in [4.78, 5) is 30.0. The predicted octanol–water partition coefficient (Wildman–Crippen LogP) is 3.87. The van der Waals surface area contributed by atoms with Crippen molar-refractivity contribution in [1.82, 2.24) is 9.55 Å². The second-order valence-corrected chi connectivity index (χ2v) is 6.91. The summed E-state index contributed by atoms with van der Waals surface area (Å²) in [6, 6.07) is 18.3. The molecule has 0 aliphatic heterocycles. The van der Waals surface area contributed by atoms with Gasteiger partial charge in [0.25, 0.3) is 5.56 Å². The maximum absolute atomic E-state index is 12.8. The standard InChI is InChI=1S/C20H14N2O3S/c23-19-16-10-17(14-6-2-1-3-7-14)26-18(16)21-12-22(19)11-13-5-4-8-15(9-13)20(24)25/h1-10,12H,11H2,(H,24,25). The van der Waals surface area contributed by atoms with E-state index < -0.39 is 5.97 Å². The molecule has 0 aliphatic carbocycles. The molecule has 4 rings (SSSR count). The molecule has 128 valence electrons. The lowest BCUT2D eigenvalue weighted by Gasteiger charge is -2.06. The first kappa shape index (κ1) is 16.2. The molecule has 2 heterocycles. The minimum Gasteiger partial charge on any atom is -0.478 e. The topological polar surface area (TPSA) is 72.2 Å². The molecule has 0 saturated heterocycles. The van der Waals surface area contributed by atoms with Crippen LogP contribution < -0.4 is 5.56 Å². The largest absolute Gasteiger partial charge is 0.478 e. The van der Waals surface area contributed by atoms with Crippen LogP contribution in [0.2, 0.25) is 0 Å². The average molecular weight is 362 g/mol. The molecule has 2 aromatic carbocycles. The van der Waals surface area contributed by atoms with Crippen molar-refractivity contribution in [3.05, 3.63) is 88.5 Å². The molecule has 0 amide bonds. The van der Waals surface area contributed by atoms with Gasteiger partial charge in [-0.2, -0.15) is 0 Å². The number of carboxylic acids is 1. The number of carboxylic acid groups (broad SMARTS) is 1. The zero-order valence-electron chi connectivity index (χ0n) is 13.6. The molecule has 0 fully saturated rings. The maximum atomic E-state index is 12.8. The van der Waals surface area contributed by atoms with Crippen LogP contribution >= 0.6 is 11.3 Å². The monoisotopic (exact) mass is 362 g/mol.